The number of nitrogens with zero attached hydrogens (tertiary/aromatic N) is 1. The van der Waals surface area contributed by atoms with Crippen molar-refractivity contribution in [2.75, 3.05) is 16.6 Å². The fourth-order valence-electron chi connectivity index (χ4n) is 3.19. The molecule has 1 aliphatic rings. The maximum atomic E-state index is 12.8. The summed E-state index contributed by atoms with van der Waals surface area (Å²) in [6.07, 6.45) is 5.27. The molecule has 2 aromatic carbocycles. The van der Waals surface area contributed by atoms with E-state index < -0.39 is 10.0 Å². The predicted molar refractivity (Wildman–Crippen MR) is 126 cm³/mol. The predicted octanol–water partition coefficient (Wildman–Crippen LogP) is 4.70. The van der Waals surface area contributed by atoms with E-state index in [0.29, 0.717) is 35.2 Å². The van der Waals surface area contributed by atoms with Crippen molar-refractivity contribution in [1.29, 1.82) is 0 Å². The maximum Gasteiger partial charge on any atom is 0.262 e. The third-order valence-corrected chi connectivity index (χ3v) is 6.52. The fraction of sp³-hybridized carbons (Fsp3) is 0.250. The molecule has 2 N–H and O–H groups in total. The Morgan fingerprint density at radius 1 is 1.15 bits per heavy atom. The van der Waals surface area contributed by atoms with Gasteiger partial charge in [-0.05, 0) is 62.6 Å². The number of carbonyl (C=O) groups is 1. The van der Waals surface area contributed by atoms with Crippen LogP contribution in [0.15, 0.2) is 57.9 Å². The van der Waals surface area contributed by atoms with Crippen LogP contribution in [0.3, 0.4) is 0 Å². The summed E-state index contributed by atoms with van der Waals surface area (Å²) in [6, 6.07) is 13.3. The van der Waals surface area contributed by atoms with Crippen LogP contribution >= 0.6 is 0 Å². The molecule has 0 spiro atoms. The second-order valence-electron chi connectivity index (χ2n) is 7.71. The van der Waals surface area contributed by atoms with E-state index in [1.54, 1.807) is 55.5 Å². The van der Waals surface area contributed by atoms with Gasteiger partial charge in [0.1, 0.15) is 17.1 Å². The standard InChI is InChI=1S/C24H25N3O5S/c1-3-31-21-7-5-4-6-20(21)27-33(29,30)19-13-8-17(9-14-19)10-15-22-23(16(2)26-32-22)25-24(28)18-11-12-18/h4-10,13-15,18,27H,3,11-12H2,1-2H3,(H,25,28). The molecule has 9 heteroatoms. The first-order chi connectivity index (χ1) is 15.9. The quantitative estimate of drug-likeness (QED) is 0.472. The first-order valence-electron chi connectivity index (χ1n) is 10.7. The molecule has 1 aromatic heterocycles. The van der Waals surface area contributed by atoms with Gasteiger partial charge in [-0.25, -0.2) is 8.42 Å². The van der Waals surface area contributed by atoms with Crippen LogP contribution in [0.5, 0.6) is 5.75 Å². The molecule has 0 atom stereocenters. The number of para-hydroxylation sites is 2. The first kappa shape index (κ1) is 22.6. The van der Waals surface area contributed by atoms with Crippen molar-refractivity contribution in [3.8, 4) is 5.75 Å². The number of ether oxygens (including phenoxy) is 1. The van der Waals surface area contributed by atoms with E-state index in [1.165, 1.54) is 12.1 Å². The Morgan fingerprint density at radius 2 is 1.88 bits per heavy atom. The molecule has 8 nitrogen and oxygen atoms in total. The van der Waals surface area contributed by atoms with Crippen LogP contribution in [0.2, 0.25) is 0 Å². The van der Waals surface area contributed by atoms with Crippen LogP contribution in [-0.2, 0) is 14.8 Å². The number of amides is 1. The normalized spacial score (nSPS) is 13.8. The van der Waals surface area contributed by atoms with E-state index in [2.05, 4.69) is 15.2 Å². The smallest absolute Gasteiger partial charge is 0.262 e. The molecule has 0 unspecified atom stereocenters. The number of benzene rings is 2. The highest BCUT2D eigenvalue weighted by Gasteiger charge is 2.30. The Labute approximate surface area is 192 Å². The summed E-state index contributed by atoms with van der Waals surface area (Å²) >= 11 is 0. The molecule has 0 aliphatic heterocycles. The second kappa shape index (κ2) is 9.50. The van der Waals surface area contributed by atoms with Crippen molar-refractivity contribution in [2.45, 2.75) is 31.6 Å². The maximum absolute atomic E-state index is 12.8. The largest absolute Gasteiger partial charge is 0.492 e. The third kappa shape index (κ3) is 5.43. The molecule has 172 valence electrons. The van der Waals surface area contributed by atoms with E-state index in [4.69, 9.17) is 9.26 Å². The van der Waals surface area contributed by atoms with E-state index >= 15 is 0 Å². The highest BCUT2D eigenvalue weighted by Crippen LogP contribution is 2.32. The molecule has 1 amide bonds. The number of hydrogen-bond acceptors (Lipinski definition) is 6. The lowest BCUT2D eigenvalue weighted by Gasteiger charge is -2.12. The molecule has 0 radical (unpaired) electrons. The van der Waals surface area contributed by atoms with Crippen molar-refractivity contribution in [3.05, 3.63) is 65.5 Å². The molecule has 4 rings (SSSR count). The Hall–Kier alpha value is -3.59. The van der Waals surface area contributed by atoms with E-state index in [0.717, 1.165) is 18.4 Å². The Bertz CT molecular complexity index is 1280. The number of carbonyl (C=O) groups excluding carboxylic acids is 1. The van der Waals surface area contributed by atoms with Gasteiger partial charge in [-0.15, -0.1) is 0 Å². The molecule has 1 aliphatic carbocycles. The van der Waals surface area contributed by atoms with Gasteiger partial charge in [0.05, 0.1) is 17.2 Å². The summed E-state index contributed by atoms with van der Waals surface area (Å²) in [4.78, 5) is 12.2. The first-order valence-corrected chi connectivity index (χ1v) is 12.2. The van der Waals surface area contributed by atoms with E-state index in [-0.39, 0.29) is 16.7 Å². The van der Waals surface area contributed by atoms with Gasteiger partial charge in [0, 0.05) is 5.92 Å². The summed E-state index contributed by atoms with van der Waals surface area (Å²) in [6.45, 7) is 4.03. The minimum absolute atomic E-state index is 0.0241. The zero-order valence-corrected chi connectivity index (χ0v) is 19.2. The number of anilines is 2. The summed E-state index contributed by atoms with van der Waals surface area (Å²) < 4.78 is 39.0. The number of nitrogens with one attached hydrogen (secondary N) is 2. The Balaban J connectivity index is 1.48. The van der Waals surface area contributed by atoms with Gasteiger partial charge in [0.2, 0.25) is 5.91 Å². The number of aryl methyl sites for hydroxylation is 1. The molecule has 0 saturated heterocycles. The minimum atomic E-state index is -3.79. The Kier molecular flexibility index (Phi) is 6.50. The summed E-state index contributed by atoms with van der Waals surface area (Å²) in [7, 11) is -3.79. The van der Waals surface area contributed by atoms with Crippen LogP contribution in [0.25, 0.3) is 12.2 Å². The lowest BCUT2D eigenvalue weighted by Crippen LogP contribution is -2.14. The summed E-state index contributed by atoms with van der Waals surface area (Å²) in [5.41, 5.74) is 2.30. The van der Waals surface area contributed by atoms with E-state index in [9.17, 15) is 13.2 Å². The van der Waals surface area contributed by atoms with Crippen molar-refractivity contribution in [2.24, 2.45) is 5.92 Å². The molecule has 33 heavy (non-hydrogen) atoms. The number of sulfonamides is 1. The average molecular weight is 468 g/mol. The third-order valence-electron chi connectivity index (χ3n) is 5.13. The van der Waals surface area contributed by atoms with Crippen LogP contribution in [0.4, 0.5) is 11.4 Å². The highest BCUT2D eigenvalue weighted by atomic mass is 32.2. The van der Waals surface area contributed by atoms with Gasteiger partial charge in [0.15, 0.2) is 5.76 Å². The highest BCUT2D eigenvalue weighted by molar-refractivity contribution is 7.92. The number of rotatable bonds is 9. The van der Waals surface area contributed by atoms with Gasteiger partial charge in [-0.3, -0.25) is 9.52 Å². The Morgan fingerprint density at radius 3 is 2.58 bits per heavy atom. The van der Waals surface area contributed by atoms with Gasteiger partial charge < -0.3 is 14.6 Å². The summed E-state index contributed by atoms with van der Waals surface area (Å²) in [5.74, 6) is 0.950. The number of aromatic nitrogens is 1. The van der Waals surface area contributed by atoms with Crippen molar-refractivity contribution in [3.63, 3.8) is 0 Å². The molecule has 1 fully saturated rings. The van der Waals surface area contributed by atoms with Gasteiger partial charge >= 0.3 is 0 Å². The van der Waals surface area contributed by atoms with Crippen LogP contribution in [0.1, 0.15) is 36.8 Å². The van der Waals surface area contributed by atoms with Gasteiger partial charge in [-0.1, -0.05) is 35.5 Å². The lowest BCUT2D eigenvalue weighted by molar-refractivity contribution is -0.117. The van der Waals surface area contributed by atoms with E-state index in [1.807, 2.05) is 6.92 Å². The monoisotopic (exact) mass is 467 g/mol. The summed E-state index contributed by atoms with van der Waals surface area (Å²) in [5, 5.41) is 6.81. The van der Waals surface area contributed by atoms with Crippen LogP contribution in [0, 0.1) is 12.8 Å². The second-order valence-corrected chi connectivity index (χ2v) is 9.39. The zero-order valence-electron chi connectivity index (χ0n) is 18.4. The van der Waals surface area contributed by atoms with Crippen molar-refractivity contribution in [1.82, 2.24) is 5.16 Å². The molecule has 1 saturated carbocycles. The average Bonchev–Trinajstić information content (AvgIpc) is 3.60. The molecular weight excluding hydrogens is 442 g/mol. The molecular formula is C24H25N3O5S. The van der Waals surface area contributed by atoms with Crippen molar-refractivity contribution < 1.29 is 22.5 Å². The van der Waals surface area contributed by atoms with Crippen LogP contribution < -0.4 is 14.8 Å². The molecule has 3 aromatic rings. The minimum Gasteiger partial charge on any atom is -0.492 e. The molecule has 0 bridgehead atoms. The van der Waals surface area contributed by atoms with Gasteiger partial charge in [0.25, 0.3) is 10.0 Å². The number of hydrogen-bond donors (Lipinski definition) is 2. The van der Waals surface area contributed by atoms with Gasteiger partial charge in [-0.2, -0.15) is 0 Å². The molecule has 1 heterocycles. The van der Waals surface area contributed by atoms with Crippen LogP contribution in [-0.4, -0.2) is 26.1 Å². The zero-order chi connectivity index (χ0) is 23.4. The fourth-order valence-corrected chi connectivity index (χ4v) is 4.26. The lowest BCUT2D eigenvalue weighted by atomic mass is 10.2. The topological polar surface area (TPSA) is 111 Å². The van der Waals surface area contributed by atoms with Crippen molar-refractivity contribution >= 4 is 39.5 Å². The SMILES string of the molecule is CCOc1ccccc1NS(=O)(=O)c1ccc(C=Cc2onc(C)c2NC(=O)C2CC2)cc1.